The highest BCUT2D eigenvalue weighted by atomic mass is 35.9. The van der Waals surface area contributed by atoms with Crippen molar-refractivity contribution in [2.75, 3.05) is 58.9 Å². The summed E-state index contributed by atoms with van der Waals surface area (Å²) in [5.74, 6) is 0.0209. The fraction of sp³-hybridized carbons (Fsp3) is 0.317. The van der Waals surface area contributed by atoms with E-state index in [0.717, 1.165) is 62.2 Å². The van der Waals surface area contributed by atoms with Crippen molar-refractivity contribution in [3.63, 3.8) is 0 Å². The summed E-state index contributed by atoms with van der Waals surface area (Å²) in [4.78, 5) is 30.0. The van der Waals surface area contributed by atoms with Gasteiger partial charge in [0.1, 0.15) is 13.1 Å². The second kappa shape index (κ2) is 39.1. The minimum Gasteiger partial charge on any atom is -1.00 e. The molecule has 0 saturated heterocycles. The zero-order chi connectivity index (χ0) is 84.1. The van der Waals surface area contributed by atoms with Crippen LogP contribution in [0.1, 0.15) is 169 Å². The minimum absolute atomic E-state index is 0. The number of allylic oxidation sites excluding steroid dienone is 17. The maximum Gasteiger partial charge on any atom is 0.377 e. The van der Waals surface area contributed by atoms with Crippen LogP contribution in [0.2, 0.25) is 0 Å². The SMILES string of the molecule is CCN1/C(=C/C=C/C(=O)/C=C2/N(CC)c3ccccc3C2(C)C)C(C)(C)c2ccccc21.CCN1C(=CC(=CC=CC2=[N+](CC)c3ccccc3C2(C)C)NCc2ccccc2)C(C)(C)c2ccccc21.CCN1C(=CC(Cl)=CC=CC2=[N+](CC)c3ccccc3C2(C)C)C(C)(C)c2ccccc21.NCc1ccccc1.O=P(O)(Cl)Cl.[Cl-]. The number of nitrogens with one attached hydrogen (secondary N) is 1. The summed E-state index contributed by atoms with van der Waals surface area (Å²) < 4.78 is 14.2. The van der Waals surface area contributed by atoms with E-state index in [4.69, 9.17) is 22.2 Å². The first-order valence-corrected chi connectivity index (χ1v) is 44.8. The van der Waals surface area contributed by atoms with Crippen LogP contribution in [0, 0.1) is 0 Å². The summed E-state index contributed by atoms with van der Waals surface area (Å²) in [6.45, 7) is 47.5. The molecule has 0 atom stereocenters. The van der Waals surface area contributed by atoms with E-state index in [2.05, 4.69) is 406 Å². The molecule has 0 amide bonds. The molecular weight excluding hydrogens is 1550 g/mol. The molecule has 0 aromatic heterocycles. The molecule has 8 aromatic rings. The molecule has 117 heavy (non-hydrogen) atoms. The molecule has 14 rings (SSSR count). The molecule has 11 nitrogen and oxygen atoms in total. The molecule has 0 saturated carbocycles. The molecule has 0 fully saturated rings. The van der Waals surface area contributed by atoms with Crippen LogP contribution in [-0.2, 0) is 54.9 Å². The first-order chi connectivity index (χ1) is 55.2. The topological polar surface area (TPSA) is 111 Å². The van der Waals surface area contributed by atoms with Crippen LogP contribution < -0.4 is 43.1 Å². The highest BCUT2D eigenvalue weighted by molar-refractivity contribution is 8.04. The lowest BCUT2D eigenvalue weighted by Crippen LogP contribution is -3.00. The van der Waals surface area contributed by atoms with Gasteiger partial charge in [0.2, 0.25) is 11.4 Å². The highest BCUT2D eigenvalue weighted by Gasteiger charge is 2.47. The Balaban J connectivity index is 0.000000185. The van der Waals surface area contributed by atoms with Crippen LogP contribution in [0.3, 0.4) is 0 Å². The predicted octanol–water partition coefficient (Wildman–Crippen LogP) is 21.7. The van der Waals surface area contributed by atoms with Crippen LogP contribution in [0.5, 0.6) is 0 Å². The Kier molecular flexibility index (Phi) is 30.6. The van der Waals surface area contributed by atoms with Crippen LogP contribution in [-0.4, -0.2) is 70.5 Å². The number of hydrogen-bond acceptors (Lipinski definition) is 8. The number of carbonyl (C=O) groups is 1. The third-order valence-electron chi connectivity index (χ3n) is 23.5. The van der Waals surface area contributed by atoms with E-state index in [1.165, 1.54) is 107 Å². The van der Waals surface area contributed by atoms with Gasteiger partial charge in [-0.05, 0) is 186 Å². The van der Waals surface area contributed by atoms with Crippen molar-refractivity contribution in [1.82, 2.24) is 5.32 Å². The van der Waals surface area contributed by atoms with Gasteiger partial charge in [-0.3, -0.25) is 9.36 Å². The highest BCUT2D eigenvalue weighted by Crippen LogP contribution is 2.53. The van der Waals surface area contributed by atoms with Crippen LogP contribution in [0.25, 0.3) is 0 Å². The third-order valence-corrected chi connectivity index (χ3v) is 23.7. The summed E-state index contributed by atoms with van der Waals surface area (Å²) in [5, 5.41) is 4.49. The summed E-state index contributed by atoms with van der Waals surface area (Å²) in [5.41, 5.74) is 31.7. The molecule has 6 aliphatic rings. The zero-order valence-corrected chi connectivity index (χ0v) is 75.6. The largest absolute Gasteiger partial charge is 1.00 e. The van der Waals surface area contributed by atoms with E-state index in [1.807, 2.05) is 48.6 Å². The minimum atomic E-state index is -3.69. The van der Waals surface area contributed by atoms with Gasteiger partial charge < -0.3 is 48.0 Å². The molecule has 4 N–H and O–H groups in total. The van der Waals surface area contributed by atoms with Crippen molar-refractivity contribution < 1.29 is 35.8 Å². The number of halogens is 4. The van der Waals surface area contributed by atoms with Gasteiger partial charge in [0, 0.05) is 159 Å². The van der Waals surface area contributed by atoms with Gasteiger partial charge in [-0.15, -0.1) is 0 Å². The molecule has 16 heteroatoms. The number of ketones is 1. The number of para-hydroxylation sites is 6. The fourth-order valence-corrected chi connectivity index (χ4v) is 17.7. The maximum absolute atomic E-state index is 13.0. The van der Waals surface area contributed by atoms with Crippen molar-refractivity contribution in [3.05, 3.63) is 357 Å². The average Bonchev–Trinajstić information content (AvgIpc) is 2.14. The molecule has 6 heterocycles. The summed E-state index contributed by atoms with van der Waals surface area (Å²) in [6, 6.07) is 72.6. The van der Waals surface area contributed by atoms with Crippen molar-refractivity contribution in [1.29, 1.82) is 0 Å². The standard InChI is InChI=1S/C36H41N3.C29H34ClN2.C29H34N2O.C7H9N.Cl2HO2P.ClH/c1-7-38-31-22-14-12-20-29(31)35(3,4)33(38)24-16-19-28(37-26-27-17-10-9-11-18-27)25-34-36(5,6)30-21-13-15-23-32(30)39(34)8-2;1-7-31-24-17-11-9-15-22(24)28(3,4)26(31)19-13-14-21(30)20-27-29(5,6)23-16-10-12-18-25(23)32(27)8-2;1-7-30-24-17-11-9-15-22(24)28(3,4)26(30)19-13-14-21(32)20-27-29(5,6)23-16-10-12-18-25(23)31(27)8-2;8-6-7-4-2-1-3-5-7;1-5(2,3)4;/h9-25H,7-8,26H2,1-6H3;2*9-20H,7-8H2,1-6H3;1-5H,6,8H2;(H,3,4);1H/q;+1;;;;/b;;14-13+,26-19+,27-20+;;;. The molecule has 0 unspecified atom stereocenters. The number of fused-ring (bicyclic) bond motifs is 6. The van der Waals surface area contributed by atoms with E-state index in [1.54, 1.807) is 6.08 Å². The van der Waals surface area contributed by atoms with Crippen molar-refractivity contribution in [3.8, 4) is 0 Å². The first-order valence-electron chi connectivity index (χ1n) is 40.9. The van der Waals surface area contributed by atoms with Gasteiger partial charge in [-0.2, -0.15) is 9.15 Å². The average molecular weight is 1670 g/mol. The van der Waals surface area contributed by atoms with Gasteiger partial charge in [-0.25, -0.2) is 0 Å². The second-order valence-electron chi connectivity index (χ2n) is 32.8. The Morgan fingerprint density at radius 3 is 1.11 bits per heavy atom. The third kappa shape index (κ3) is 20.0. The lowest BCUT2D eigenvalue weighted by atomic mass is 9.81. The number of likely N-dealkylation sites (N-methyl/N-ethyl adjacent to an activating group) is 4. The monoisotopic (exact) mass is 1660 g/mol. The lowest BCUT2D eigenvalue weighted by molar-refractivity contribution is -0.433. The Hall–Kier alpha value is -9.26. The molecule has 8 aromatic carbocycles. The molecule has 0 bridgehead atoms. The normalized spacial score (nSPS) is 18.7. The van der Waals surface area contributed by atoms with E-state index < -0.39 is 6.07 Å². The molecular formula is C101H120Cl4N8O3P+. The van der Waals surface area contributed by atoms with Crippen LogP contribution in [0.4, 0.5) is 34.1 Å². The van der Waals surface area contributed by atoms with Gasteiger partial charge in [-0.1, -0.05) is 255 Å². The Bertz CT molecular complexity index is 5270. The van der Waals surface area contributed by atoms with Gasteiger partial charge in [0.25, 0.3) is 0 Å². The van der Waals surface area contributed by atoms with Gasteiger partial charge in [0.05, 0.1) is 10.8 Å². The number of hydrogen-bond donors (Lipinski definition) is 3. The Labute approximate surface area is 719 Å². The smallest absolute Gasteiger partial charge is 0.377 e. The first kappa shape index (κ1) is 91.6. The summed E-state index contributed by atoms with van der Waals surface area (Å²) in [7, 11) is 0. The lowest BCUT2D eigenvalue weighted by Gasteiger charge is -2.27. The van der Waals surface area contributed by atoms with E-state index in [0.29, 0.717) is 6.54 Å². The number of benzene rings is 8. The van der Waals surface area contributed by atoms with Crippen molar-refractivity contribution >= 4 is 91.5 Å². The van der Waals surface area contributed by atoms with E-state index in [-0.39, 0.29) is 50.7 Å². The Morgan fingerprint density at radius 1 is 0.427 bits per heavy atom. The number of carbonyl (C=O) groups excluding carboxylic acids is 1. The molecule has 0 spiro atoms. The fourth-order valence-electron chi connectivity index (χ4n) is 17.6. The molecule has 6 aliphatic heterocycles. The number of nitrogens with zero attached hydrogens (tertiary/aromatic N) is 6. The Morgan fingerprint density at radius 2 is 0.744 bits per heavy atom. The predicted molar refractivity (Wildman–Crippen MR) is 496 cm³/mol. The van der Waals surface area contributed by atoms with Crippen molar-refractivity contribution in [2.45, 2.75) is 170 Å². The summed E-state index contributed by atoms with van der Waals surface area (Å²) >= 11 is 15.6. The zero-order valence-electron chi connectivity index (χ0n) is 71.7. The maximum atomic E-state index is 13.0. The van der Waals surface area contributed by atoms with Crippen LogP contribution >= 0.6 is 40.2 Å². The molecule has 0 radical (unpaired) electrons. The second-order valence-corrected chi connectivity index (χ2v) is 37.4. The van der Waals surface area contributed by atoms with E-state index >= 15 is 0 Å². The number of anilines is 4. The quantitative estimate of drug-likeness (QED) is 0.0315. The van der Waals surface area contributed by atoms with Gasteiger partial charge >= 0.3 is 6.07 Å². The van der Waals surface area contributed by atoms with Crippen molar-refractivity contribution in [2.24, 2.45) is 5.73 Å². The van der Waals surface area contributed by atoms with Gasteiger partial charge in [0.15, 0.2) is 17.2 Å². The number of rotatable bonds is 19. The number of nitrogens with two attached hydrogens (primary N) is 1. The molecule has 0 aliphatic carbocycles. The van der Waals surface area contributed by atoms with Crippen LogP contribution in [0.15, 0.2) is 313 Å². The molecule has 614 valence electrons. The summed E-state index contributed by atoms with van der Waals surface area (Å²) in [6.07, 6.45) is 21.4. The van der Waals surface area contributed by atoms with E-state index in [9.17, 15) is 9.36 Å².